The highest BCUT2D eigenvalue weighted by atomic mass is 16.4. The lowest BCUT2D eigenvalue weighted by atomic mass is 10.0. The normalized spacial score (nSPS) is 13.9. The molecule has 0 fully saturated rings. The lowest BCUT2D eigenvalue weighted by Crippen LogP contribution is -2.57. The van der Waals surface area contributed by atoms with Crippen LogP contribution in [-0.4, -0.2) is 58.9 Å². The van der Waals surface area contributed by atoms with Crippen molar-refractivity contribution < 1.29 is 29.1 Å². The van der Waals surface area contributed by atoms with Crippen molar-refractivity contribution in [3.05, 3.63) is 71.8 Å². The first-order valence-electron chi connectivity index (χ1n) is 11.8. The summed E-state index contributed by atoms with van der Waals surface area (Å²) in [4.78, 5) is 61.0. The molecule has 11 heteroatoms. The molecule has 0 saturated carbocycles. The van der Waals surface area contributed by atoms with Gasteiger partial charge in [-0.05, 0) is 24.5 Å². The van der Waals surface area contributed by atoms with Gasteiger partial charge in [0.15, 0.2) is 0 Å². The van der Waals surface area contributed by atoms with Gasteiger partial charge >= 0.3 is 5.97 Å². The third kappa shape index (κ3) is 10.1. The van der Waals surface area contributed by atoms with Crippen molar-refractivity contribution in [2.75, 3.05) is 0 Å². The summed E-state index contributed by atoms with van der Waals surface area (Å²) in [7, 11) is 0. The number of hydrogen-bond acceptors (Lipinski definition) is 6. The maximum atomic E-state index is 13.1. The molecule has 0 bridgehead atoms. The minimum atomic E-state index is -1.22. The Balaban J connectivity index is 2.10. The van der Waals surface area contributed by atoms with E-state index >= 15 is 0 Å². The molecule has 37 heavy (non-hydrogen) atoms. The van der Waals surface area contributed by atoms with E-state index in [-0.39, 0.29) is 25.7 Å². The van der Waals surface area contributed by atoms with Crippen molar-refractivity contribution in [2.45, 2.75) is 56.8 Å². The highest BCUT2D eigenvalue weighted by molar-refractivity contribution is 5.94. The van der Waals surface area contributed by atoms with Crippen LogP contribution in [0.2, 0.25) is 0 Å². The van der Waals surface area contributed by atoms with Crippen LogP contribution in [0.25, 0.3) is 0 Å². The van der Waals surface area contributed by atoms with Gasteiger partial charge in [-0.1, -0.05) is 60.7 Å². The van der Waals surface area contributed by atoms with E-state index in [0.29, 0.717) is 0 Å². The fourth-order valence-corrected chi connectivity index (χ4v) is 3.49. The van der Waals surface area contributed by atoms with E-state index in [4.69, 9.17) is 11.5 Å². The van der Waals surface area contributed by atoms with Crippen molar-refractivity contribution in [3.63, 3.8) is 0 Å². The van der Waals surface area contributed by atoms with E-state index in [2.05, 4.69) is 16.0 Å². The molecular formula is C26H33N5O6. The Bertz CT molecular complexity index is 1080. The monoisotopic (exact) mass is 511 g/mol. The number of nitrogens with one attached hydrogen (secondary N) is 3. The van der Waals surface area contributed by atoms with Gasteiger partial charge in [-0.3, -0.25) is 19.2 Å². The largest absolute Gasteiger partial charge is 0.480 e. The molecule has 0 radical (unpaired) electrons. The number of aliphatic carboxylic acids is 1. The average molecular weight is 512 g/mol. The molecule has 0 aliphatic heterocycles. The van der Waals surface area contributed by atoms with Crippen molar-refractivity contribution in [1.82, 2.24) is 16.0 Å². The molecule has 11 nitrogen and oxygen atoms in total. The van der Waals surface area contributed by atoms with Crippen molar-refractivity contribution in [3.8, 4) is 0 Å². The zero-order chi connectivity index (χ0) is 27.4. The molecule has 8 N–H and O–H groups in total. The van der Waals surface area contributed by atoms with Gasteiger partial charge in [-0.25, -0.2) is 4.79 Å². The number of primary amides is 1. The Morgan fingerprint density at radius 1 is 0.757 bits per heavy atom. The zero-order valence-corrected chi connectivity index (χ0v) is 20.6. The van der Waals surface area contributed by atoms with Gasteiger partial charge in [-0.15, -0.1) is 0 Å². The molecule has 4 unspecified atom stereocenters. The second-order valence-corrected chi connectivity index (χ2v) is 8.68. The number of hydrogen-bond donors (Lipinski definition) is 6. The van der Waals surface area contributed by atoms with E-state index in [1.807, 2.05) is 0 Å². The molecule has 0 heterocycles. The number of nitrogens with two attached hydrogens (primary N) is 2. The highest BCUT2D eigenvalue weighted by Gasteiger charge is 2.29. The van der Waals surface area contributed by atoms with Crippen LogP contribution in [0.15, 0.2) is 60.7 Å². The first-order valence-corrected chi connectivity index (χ1v) is 11.8. The van der Waals surface area contributed by atoms with E-state index < -0.39 is 53.8 Å². The molecule has 0 spiro atoms. The second kappa shape index (κ2) is 14.3. The number of rotatable bonds is 14. The number of carbonyl (C=O) groups is 5. The molecule has 0 aliphatic rings. The molecule has 0 saturated heterocycles. The average Bonchev–Trinajstić information content (AvgIpc) is 2.87. The van der Waals surface area contributed by atoms with Crippen LogP contribution < -0.4 is 27.4 Å². The van der Waals surface area contributed by atoms with E-state index in [0.717, 1.165) is 11.1 Å². The standard InChI is InChI=1S/C26H33N5O6/c1-16(29-24(34)19(27)12-13-22(28)32)23(33)30-20(14-17-8-4-2-5-9-17)25(35)31-21(26(36)37)15-18-10-6-3-7-11-18/h2-11,16,19-21H,12-15,27H2,1H3,(H2,28,32)(H,29,34)(H,30,33)(H,31,35)(H,36,37). The number of carbonyl (C=O) groups excluding carboxylic acids is 4. The Morgan fingerprint density at radius 2 is 1.24 bits per heavy atom. The molecule has 0 aromatic heterocycles. The van der Waals surface area contributed by atoms with Crippen LogP contribution >= 0.6 is 0 Å². The summed E-state index contributed by atoms with van der Waals surface area (Å²) in [5, 5.41) is 17.2. The van der Waals surface area contributed by atoms with Gasteiger partial charge in [0, 0.05) is 19.3 Å². The Morgan fingerprint density at radius 3 is 1.73 bits per heavy atom. The molecule has 2 aromatic rings. The third-order valence-corrected chi connectivity index (χ3v) is 5.60. The van der Waals surface area contributed by atoms with E-state index in [9.17, 15) is 29.1 Å². The molecule has 198 valence electrons. The molecule has 2 rings (SSSR count). The van der Waals surface area contributed by atoms with Gasteiger partial charge < -0.3 is 32.5 Å². The third-order valence-electron chi connectivity index (χ3n) is 5.60. The molecule has 2 aromatic carbocycles. The van der Waals surface area contributed by atoms with Crippen LogP contribution in [0.5, 0.6) is 0 Å². The summed E-state index contributed by atoms with van der Waals surface area (Å²) < 4.78 is 0. The smallest absolute Gasteiger partial charge is 0.326 e. The number of benzene rings is 2. The lowest BCUT2D eigenvalue weighted by molar-refractivity contribution is -0.142. The maximum Gasteiger partial charge on any atom is 0.326 e. The van der Waals surface area contributed by atoms with Crippen molar-refractivity contribution in [2.24, 2.45) is 11.5 Å². The van der Waals surface area contributed by atoms with Crippen LogP contribution in [0, 0.1) is 0 Å². The summed E-state index contributed by atoms with van der Waals surface area (Å²) in [6, 6.07) is 13.3. The van der Waals surface area contributed by atoms with E-state index in [1.165, 1.54) is 6.92 Å². The van der Waals surface area contributed by atoms with Crippen molar-refractivity contribution >= 4 is 29.6 Å². The Labute approximate surface area is 215 Å². The Hall–Kier alpha value is -4.25. The summed E-state index contributed by atoms with van der Waals surface area (Å²) in [5.41, 5.74) is 12.3. The number of carboxylic acids is 1. The maximum absolute atomic E-state index is 13.1. The predicted molar refractivity (Wildman–Crippen MR) is 136 cm³/mol. The van der Waals surface area contributed by atoms with Gasteiger partial charge in [0.1, 0.15) is 18.1 Å². The predicted octanol–water partition coefficient (Wildman–Crippen LogP) is -0.376. The minimum Gasteiger partial charge on any atom is -0.480 e. The number of carboxylic acid groups (broad SMARTS) is 1. The molecule has 4 atom stereocenters. The van der Waals surface area contributed by atoms with Crippen molar-refractivity contribution in [1.29, 1.82) is 0 Å². The fourth-order valence-electron chi connectivity index (χ4n) is 3.49. The zero-order valence-electron chi connectivity index (χ0n) is 20.6. The summed E-state index contributed by atoms with van der Waals surface area (Å²) in [5.74, 6) is -3.82. The van der Waals surface area contributed by atoms with Gasteiger partial charge in [0.25, 0.3) is 0 Å². The fraction of sp³-hybridized carbons (Fsp3) is 0.346. The summed E-state index contributed by atoms with van der Waals surface area (Å²) in [6.45, 7) is 1.42. The lowest BCUT2D eigenvalue weighted by Gasteiger charge is -2.24. The number of amides is 4. The van der Waals surface area contributed by atoms with Crippen LogP contribution in [0.1, 0.15) is 30.9 Å². The first-order chi connectivity index (χ1) is 17.6. The van der Waals surface area contributed by atoms with Crippen LogP contribution in [0.4, 0.5) is 0 Å². The van der Waals surface area contributed by atoms with Crippen LogP contribution in [-0.2, 0) is 36.8 Å². The van der Waals surface area contributed by atoms with E-state index in [1.54, 1.807) is 60.7 Å². The minimum absolute atomic E-state index is 0.0204. The topological polar surface area (TPSA) is 194 Å². The van der Waals surface area contributed by atoms with Gasteiger partial charge in [-0.2, -0.15) is 0 Å². The summed E-state index contributed by atoms with van der Waals surface area (Å²) in [6.07, 6.45) is 0.0905. The highest BCUT2D eigenvalue weighted by Crippen LogP contribution is 2.07. The van der Waals surface area contributed by atoms with Gasteiger partial charge in [0.05, 0.1) is 6.04 Å². The first kappa shape index (κ1) is 29.0. The SMILES string of the molecule is CC(NC(=O)C(N)CCC(N)=O)C(=O)NC(Cc1ccccc1)C(=O)NC(Cc1ccccc1)C(=O)O. The molecule has 4 amide bonds. The quantitative estimate of drug-likeness (QED) is 0.199. The second-order valence-electron chi connectivity index (χ2n) is 8.68. The molecule has 0 aliphatic carbocycles. The summed E-state index contributed by atoms with van der Waals surface area (Å²) >= 11 is 0. The Kier molecular flexibility index (Phi) is 11.2. The van der Waals surface area contributed by atoms with Gasteiger partial charge in [0.2, 0.25) is 23.6 Å². The molecular weight excluding hydrogens is 478 g/mol. The van der Waals surface area contributed by atoms with Crippen LogP contribution in [0.3, 0.4) is 0 Å².